The van der Waals surface area contributed by atoms with Gasteiger partial charge in [-0.15, -0.1) is 0 Å². The fourth-order valence-corrected chi connectivity index (χ4v) is 2.03. The molecule has 0 spiro atoms. The highest BCUT2D eigenvalue weighted by molar-refractivity contribution is 6.30. The van der Waals surface area contributed by atoms with Crippen LogP contribution >= 0.6 is 11.6 Å². The molecule has 0 amide bonds. The summed E-state index contributed by atoms with van der Waals surface area (Å²) in [6.07, 6.45) is 3.77. The Morgan fingerprint density at radius 3 is 2.72 bits per heavy atom. The van der Waals surface area contributed by atoms with E-state index in [1.165, 1.54) is 11.3 Å². The first-order valence-electron chi connectivity index (χ1n) is 6.18. The maximum absolute atomic E-state index is 5.88. The molecule has 18 heavy (non-hydrogen) atoms. The minimum Gasteiger partial charge on any atom is -0.334 e. The van der Waals surface area contributed by atoms with Crippen molar-refractivity contribution >= 4 is 11.6 Å². The van der Waals surface area contributed by atoms with Gasteiger partial charge in [0.15, 0.2) is 0 Å². The highest BCUT2D eigenvalue weighted by Crippen LogP contribution is 2.16. The Kier molecular flexibility index (Phi) is 4.39. The van der Waals surface area contributed by atoms with Gasteiger partial charge in [-0.25, -0.2) is 4.98 Å². The molecule has 0 radical (unpaired) electrons. The highest BCUT2D eigenvalue weighted by Gasteiger charge is 2.06. The van der Waals surface area contributed by atoms with Crippen LogP contribution < -0.4 is 5.32 Å². The van der Waals surface area contributed by atoms with Gasteiger partial charge in [-0.2, -0.15) is 0 Å². The number of halogens is 1. The van der Waals surface area contributed by atoms with E-state index in [9.17, 15) is 0 Å². The largest absolute Gasteiger partial charge is 0.334 e. The second-order valence-corrected chi connectivity index (χ2v) is 4.76. The van der Waals surface area contributed by atoms with Crippen LogP contribution in [0, 0.1) is 0 Å². The molecular weight excluding hydrogens is 246 g/mol. The third kappa shape index (κ3) is 3.12. The molecule has 0 aliphatic rings. The zero-order valence-corrected chi connectivity index (χ0v) is 11.5. The maximum atomic E-state index is 5.88. The van der Waals surface area contributed by atoms with Gasteiger partial charge >= 0.3 is 0 Å². The molecule has 0 aliphatic carbocycles. The Hall–Kier alpha value is -1.32. The number of hydrogen-bond acceptors (Lipinski definition) is 2. The van der Waals surface area contributed by atoms with Gasteiger partial charge in [0, 0.05) is 30.4 Å². The van der Waals surface area contributed by atoms with Crippen molar-refractivity contribution in [2.24, 2.45) is 0 Å². The standard InChI is InChI=1S/C14H18ClN3/c1-3-18-10-16-8-14(18)9-17-11(2)12-4-6-13(15)7-5-12/h4-8,10-11,17H,3,9H2,1-2H3/t11-/m1/s1. The molecule has 2 rings (SSSR count). The second-order valence-electron chi connectivity index (χ2n) is 4.33. The van der Waals surface area contributed by atoms with Crippen LogP contribution in [-0.4, -0.2) is 9.55 Å². The number of nitrogens with one attached hydrogen (secondary N) is 1. The lowest BCUT2D eigenvalue weighted by molar-refractivity contribution is 0.549. The van der Waals surface area contributed by atoms with E-state index in [0.29, 0.717) is 6.04 Å². The van der Waals surface area contributed by atoms with Crippen molar-refractivity contribution in [1.82, 2.24) is 14.9 Å². The summed E-state index contributed by atoms with van der Waals surface area (Å²) in [4.78, 5) is 4.16. The average Bonchev–Trinajstić information content (AvgIpc) is 2.84. The molecule has 1 atom stereocenters. The van der Waals surface area contributed by atoms with Gasteiger partial charge in [0.05, 0.1) is 12.0 Å². The van der Waals surface area contributed by atoms with Crippen LogP contribution in [0.1, 0.15) is 31.1 Å². The topological polar surface area (TPSA) is 29.9 Å². The Labute approximate surface area is 113 Å². The lowest BCUT2D eigenvalue weighted by Crippen LogP contribution is -2.19. The fourth-order valence-electron chi connectivity index (χ4n) is 1.91. The zero-order chi connectivity index (χ0) is 13.0. The van der Waals surface area contributed by atoms with E-state index in [-0.39, 0.29) is 0 Å². The van der Waals surface area contributed by atoms with Crippen molar-refractivity contribution in [2.75, 3.05) is 0 Å². The quantitative estimate of drug-likeness (QED) is 0.896. The van der Waals surface area contributed by atoms with Crippen molar-refractivity contribution < 1.29 is 0 Å². The first-order chi connectivity index (χ1) is 8.70. The molecule has 96 valence electrons. The number of imidazole rings is 1. The van der Waals surface area contributed by atoms with Crippen molar-refractivity contribution in [2.45, 2.75) is 33.0 Å². The average molecular weight is 264 g/mol. The lowest BCUT2D eigenvalue weighted by atomic mass is 10.1. The summed E-state index contributed by atoms with van der Waals surface area (Å²) in [6, 6.07) is 8.24. The number of nitrogens with zero attached hydrogens (tertiary/aromatic N) is 2. The molecule has 0 saturated carbocycles. The molecule has 1 aromatic heterocycles. The summed E-state index contributed by atoms with van der Waals surface area (Å²) < 4.78 is 2.14. The summed E-state index contributed by atoms with van der Waals surface area (Å²) >= 11 is 5.88. The first-order valence-corrected chi connectivity index (χ1v) is 6.56. The van der Waals surface area contributed by atoms with E-state index in [0.717, 1.165) is 18.1 Å². The molecule has 2 aromatic rings. The van der Waals surface area contributed by atoms with E-state index in [1.807, 2.05) is 24.7 Å². The van der Waals surface area contributed by atoms with Gasteiger partial charge < -0.3 is 9.88 Å². The van der Waals surface area contributed by atoms with Crippen molar-refractivity contribution in [3.63, 3.8) is 0 Å². The van der Waals surface area contributed by atoms with Crippen molar-refractivity contribution in [1.29, 1.82) is 0 Å². The van der Waals surface area contributed by atoms with E-state index in [1.54, 1.807) is 0 Å². The minimum atomic E-state index is 0.294. The smallest absolute Gasteiger partial charge is 0.0948 e. The van der Waals surface area contributed by atoms with Gasteiger partial charge in [0.25, 0.3) is 0 Å². The van der Waals surface area contributed by atoms with Gasteiger partial charge in [0.1, 0.15) is 0 Å². The maximum Gasteiger partial charge on any atom is 0.0948 e. The molecule has 1 aromatic carbocycles. The van der Waals surface area contributed by atoms with Gasteiger partial charge in [-0.1, -0.05) is 23.7 Å². The molecule has 0 bridgehead atoms. The predicted molar refractivity (Wildman–Crippen MR) is 74.6 cm³/mol. The molecule has 0 fully saturated rings. The van der Waals surface area contributed by atoms with Crippen LogP contribution in [0.3, 0.4) is 0 Å². The van der Waals surface area contributed by atoms with E-state index in [2.05, 4.69) is 40.8 Å². The van der Waals surface area contributed by atoms with Crippen molar-refractivity contribution in [3.05, 3.63) is 53.1 Å². The lowest BCUT2D eigenvalue weighted by Gasteiger charge is -2.15. The molecule has 1 N–H and O–H groups in total. The second kappa shape index (κ2) is 6.03. The van der Waals surface area contributed by atoms with Gasteiger partial charge in [0.2, 0.25) is 0 Å². The van der Waals surface area contributed by atoms with Crippen LogP contribution in [0.4, 0.5) is 0 Å². The predicted octanol–water partition coefficient (Wildman–Crippen LogP) is 3.41. The summed E-state index contributed by atoms with van der Waals surface area (Å²) in [5.74, 6) is 0. The number of aromatic nitrogens is 2. The third-order valence-electron chi connectivity index (χ3n) is 3.10. The van der Waals surface area contributed by atoms with E-state index < -0.39 is 0 Å². The first kappa shape index (κ1) is 13.1. The summed E-state index contributed by atoms with van der Waals surface area (Å²) in [6.45, 7) is 6.04. The fraction of sp³-hybridized carbons (Fsp3) is 0.357. The van der Waals surface area contributed by atoms with Gasteiger partial charge in [-0.05, 0) is 31.5 Å². The summed E-state index contributed by atoms with van der Waals surface area (Å²) in [7, 11) is 0. The molecule has 0 aliphatic heterocycles. The number of rotatable bonds is 5. The summed E-state index contributed by atoms with van der Waals surface area (Å²) in [5.41, 5.74) is 2.44. The van der Waals surface area contributed by atoms with Crippen LogP contribution in [0.2, 0.25) is 5.02 Å². The normalized spacial score (nSPS) is 12.6. The van der Waals surface area contributed by atoms with Crippen molar-refractivity contribution in [3.8, 4) is 0 Å². The Morgan fingerprint density at radius 1 is 1.33 bits per heavy atom. The van der Waals surface area contributed by atoms with Gasteiger partial charge in [-0.3, -0.25) is 0 Å². The molecule has 0 saturated heterocycles. The minimum absolute atomic E-state index is 0.294. The van der Waals surface area contributed by atoms with E-state index in [4.69, 9.17) is 11.6 Å². The molecule has 0 unspecified atom stereocenters. The third-order valence-corrected chi connectivity index (χ3v) is 3.35. The van der Waals surface area contributed by atoms with E-state index >= 15 is 0 Å². The molecule has 3 nitrogen and oxygen atoms in total. The molecule has 4 heteroatoms. The number of benzene rings is 1. The monoisotopic (exact) mass is 263 g/mol. The van der Waals surface area contributed by atoms with Crippen LogP contribution in [0.5, 0.6) is 0 Å². The highest BCUT2D eigenvalue weighted by atomic mass is 35.5. The molecular formula is C14H18ClN3. The van der Waals surface area contributed by atoms with Crippen LogP contribution in [0.25, 0.3) is 0 Å². The Bertz CT molecular complexity index is 490. The Morgan fingerprint density at radius 2 is 2.06 bits per heavy atom. The SMILES string of the molecule is CCn1cncc1CN[C@H](C)c1ccc(Cl)cc1. The van der Waals surface area contributed by atoms with Crippen LogP contribution in [0.15, 0.2) is 36.8 Å². The molecule has 1 heterocycles. The zero-order valence-electron chi connectivity index (χ0n) is 10.7. The number of aryl methyl sites for hydroxylation is 1. The number of hydrogen-bond donors (Lipinski definition) is 1. The summed E-state index contributed by atoms with van der Waals surface area (Å²) in [5, 5.41) is 4.26. The van der Waals surface area contributed by atoms with Crippen LogP contribution in [-0.2, 0) is 13.1 Å². The Balaban J connectivity index is 1.96.